The fourth-order valence-electron chi connectivity index (χ4n) is 1.84. The van der Waals surface area contributed by atoms with Crippen LogP contribution in [0.25, 0.3) is 10.9 Å². The Morgan fingerprint density at radius 3 is 2.93 bits per heavy atom. The van der Waals surface area contributed by atoms with Crippen LogP contribution in [-0.4, -0.2) is 17.4 Å². The molecule has 0 radical (unpaired) electrons. The van der Waals surface area contributed by atoms with E-state index in [2.05, 4.69) is 35.4 Å². The predicted octanol–water partition coefficient (Wildman–Crippen LogP) is 2.80. The van der Waals surface area contributed by atoms with Crippen molar-refractivity contribution in [2.75, 3.05) is 12.4 Å². The number of hydrogen-bond acceptors (Lipinski definition) is 1. The Labute approximate surface area is 94.6 Å². The fraction of sp³-hybridized carbons (Fsp3) is 0.333. The standard InChI is InChI=1S/C12H15ClN2/c1-9-11(8-14-7-6-13)10-4-2-3-5-12(10)15-9/h2-5,14-15H,6-8H2,1H3. The molecule has 0 saturated carbocycles. The van der Waals surface area contributed by atoms with Crippen molar-refractivity contribution in [2.45, 2.75) is 13.5 Å². The van der Waals surface area contributed by atoms with Crippen molar-refractivity contribution in [1.82, 2.24) is 10.3 Å². The number of aromatic nitrogens is 1. The molecular formula is C12H15ClN2. The molecule has 80 valence electrons. The lowest BCUT2D eigenvalue weighted by atomic mass is 10.1. The normalized spacial score (nSPS) is 11.1. The summed E-state index contributed by atoms with van der Waals surface area (Å²) in [5, 5.41) is 4.62. The number of H-pyrrole nitrogens is 1. The Balaban J connectivity index is 2.28. The molecule has 1 heterocycles. The number of alkyl halides is 1. The summed E-state index contributed by atoms with van der Waals surface area (Å²) in [6, 6.07) is 8.37. The number of hydrogen-bond donors (Lipinski definition) is 2. The van der Waals surface area contributed by atoms with E-state index in [-0.39, 0.29) is 0 Å². The van der Waals surface area contributed by atoms with Crippen molar-refractivity contribution in [1.29, 1.82) is 0 Å². The van der Waals surface area contributed by atoms with Gasteiger partial charge in [0, 0.05) is 35.6 Å². The highest BCUT2D eigenvalue weighted by Crippen LogP contribution is 2.21. The van der Waals surface area contributed by atoms with Crippen LogP contribution in [0, 0.1) is 6.92 Å². The maximum Gasteiger partial charge on any atom is 0.0459 e. The molecular weight excluding hydrogens is 208 g/mol. The summed E-state index contributed by atoms with van der Waals surface area (Å²) in [6.45, 7) is 3.83. The summed E-state index contributed by atoms with van der Waals surface area (Å²) in [4.78, 5) is 3.38. The summed E-state index contributed by atoms with van der Waals surface area (Å²) in [5.74, 6) is 0.654. The molecule has 0 bridgehead atoms. The van der Waals surface area contributed by atoms with Crippen molar-refractivity contribution in [2.24, 2.45) is 0 Å². The number of benzene rings is 1. The first-order chi connectivity index (χ1) is 7.33. The first-order valence-electron chi connectivity index (χ1n) is 5.16. The number of fused-ring (bicyclic) bond motifs is 1. The molecule has 2 N–H and O–H groups in total. The van der Waals surface area contributed by atoms with Gasteiger partial charge in [-0.1, -0.05) is 18.2 Å². The first-order valence-corrected chi connectivity index (χ1v) is 5.69. The van der Waals surface area contributed by atoms with Crippen LogP contribution in [0.3, 0.4) is 0 Å². The molecule has 0 aliphatic rings. The molecule has 0 amide bonds. The zero-order valence-corrected chi connectivity index (χ0v) is 9.56. The second kappa shape index (κ2) is 4.69. The molecule has 2 aromatic rings. The van der Waals surface area contributed by atoms with E-state index in [1.165, 1.54) is 22.2 Å². The molecule has 1 aromatic heterocycles. The van der Waals surface area contributed by atoms with Crippen molar-refractivity contribution >= 4 is 22.5 Å². The highest BCUT2D eigenvalue weighted by Gasteiger charge is 2.06. The van der Waals surface area contributed by atoms with Crippen molar-refractivity contribution < 1.29 is 0 Å². The monoisotopic (exact) mass is 222 g/mol. The molecule has 0 spiro atoms. The Kier molecular flexibility index (Phi) is 3.29. The molecule has 3 heteroatoms. The average Bonchev–Trinajstić information content (AvgIpc) is 2.56. The lowest BCUT2D eigenvalue weighted by molar-refractivity contribution is 0.730. The highest BCUT2D eigenvalue weighted by atomic mass is 35.5. The third-order valence-electron chi connectivity index (χ3n) is 2.60. The maximum absolute atomic E-state index is 5.63. The van der Waals surface area contributed by atoms with E-state index in [4.69, 9.17) is 11.6 Å². The van der Waals surface area contributed by atoms with Gasteiger partial charge in [-0.05, 0) is 18.6 Å². The van der Waals surface area contributed by atoms with Gasteiger partial charge in [0.05, 0.1) is 0 Å². The molecule has 2 rings (SSSR count). The lowest BCUT2D eigenvalue weighted by Crippen LogP contribution is -2.15. The van der Waals surface area contributed by atoms with E-state index in [1.807, 2.05) is 6.07 Å². The van der Waals surface area contributed by atoms with Crippen molar-refractivity contribution in [3.05, 3.63) is 35.5 Å². The van der Waals surface area contributed by atoms with Gasteiger partial charge in [0.25, 0.3) is 0 Å². The van der Waals surface area contributed by atoms with Gasteiger partial charge >= 0.3 is 0 Å². The maximum atomic E-state index is 5.63. The van der Waals surface area contributed by atoms with E-state index >= 15 is 0 Å². The molecule has 1 aromatic carbocycles. The van der Waals surface area contributed by atoms with Gasteiger partial charge in [0.15, 0.2) is 0 Å². The van der Waals surface area contributed by atoms with Crippen LogP contribution in [0.15, 0.2) is 24.3 Å². The summed E-state index contributed by atoms with van der Waals surface area (Å²) < 4.78 is 0. The smallest absolute Gasteiger partial charge is 0.0459 e. The van der Waals surface area contributed by atoms with Gasteiger partial charge in [0.1, 0.15) is 0 Å². The molecule has 0 fully saturated rings. The zero-order valence-electron chi connectivity index (χ0n) is 8.81. The number of aromatic amines is 1. The predicted molar refractivity (Wildman–Crippen MR) is 65.5 cm³/mol. The van der Waals surface area contributed by atoms with Crippen LogP contribution < -0.4 is 5.32 Å². The fourth-order valence-corrected chi connectivity index (χ4v) is 1.98. The Hall–Kier alpha value is -0.990. The number of para-hydroxylation sites is 1. The van der Waals surface area contributed by atoms with E-state index in [0.29, 0.717) is 5.88 Å². The molecule has 15 heavy (non-hydrogen) atoms. The molecule has 2 nitrogen and oxygen atoms in total. The van der Waals surface area contributed by atoms with Gasteiger partial charge in [-0.15, -0.1) is 11.6 Å². The number of aryl methyl sites for hydroxylation is 1. The van der Waals surface area contributed by atoms with E-state index in [1.54, 1.807) is 0 Å². The van der Waals surface area contributed by atoms with Gasteiger partial charge in [0.2, 0.25) is 0 Å². The van der Waals surface area contributed by atoms with Crippen molar-refractivity contribution in [3.63, 3.8) is 0 Å². The van der Waals surface area contributed by atoms with Crippen LogP contribution in [0.4, 0.5) is 0 Å². The van der Waals surface area contributed by atoms with Gasteiger partial charge in [-0.3, -0.25) is 0 Å². The number of rotatable bonds is 4. The number of halogens is 1. The summed E-state index contributed by atoms with van der Waals surface area (Å²) in [7, 11) is 0. The van der Waals surface area contributed by atoms with Gasteiger partial charge < -0.3 is 10.3 Å². The molecule has 0 saturated heterocycles. The van der Waals surface area contributed by atoms with Gasteiger partial charge in [-0.2, -0.15) is 0 Å². The largest absolute Gasteiger partial charge is 0.358 e. The second-order valence-corrected chi connectivity index (χ2v) is 4.02. The summed E-state index contributed by atoms with van der Waals surface area (Å²) >= 11 is 5.63. The molecule has 0 atom stereocenters. The first kappa shape index (κ1) is 10.5. The SMILES string of the molecule is Cc1[nH]c2ccccc2c1CNCCCl. The van der Waals surface area contributed by atoms with E-state index in [0.717, 1.165) is 13.1 Å². The molecule has 0 unspecified atom stereocenters. The Morgan fingerprint density at radius 1 is 1.33 bits per heavy atom. The third-order valence-corrected chi connectivity index (χ3v) is 2.79. The minimum absolute atomic E-state index is 0.654. The van der Waals surface area contributed by atoms with E-state index < -0.39 is 0 Å². The van der Waals surface area contributed by atoms with Crippen LogP contribution >= 0.6 is 11.6 Å². The van der Waals surface area contributed by atoms with Crippen LogP contribution in [0.1, 0.15) is 11.3 Å². The summed E-state index contributed by atoms with van der Waals surface area (Å²) in [6.07, 6.45) is 0. The highest BCUT2D eigenvalue weighted by molar-refractivity contribution is 6.18. The third kappa shape index (κ3) is 2.16. The minimum Gasteiger partial charge on any atom is -0.358 e. The van der Waals surface area contributed by atoms with Crippen LogP contribution in [0.2, 0.25) is 0 Å². The minimum atomic E-state index is 0.654. The average molecular weight is 223 g/mol. The molecule has 0 aliphatic carbocycles. The van der Waals surface area contributed by atoms with Crippen LogP contribution in [0.5, 0.6) is 0 Å². The van der Waals surface area contributed by atoms with Crippen molar-refractivity contribution in [3.8, 4) is 0 Å². The topological polar surface area (TPSA) is 27.8 Å². The molecule has 0 aliphatic heterocycles. The van der Waals surface area contributed by atoms with Gasteiger partial charge in [-0.25, -0.2) is 0 Å². The van der Waals surface area contributed by atoms with Crippen LogP contribution in [-0.2, 0) is 6.54 Å². The Bertz CT molecular complexity index is 448. The second-order valence-electron chi connectivity index (χ2n) is 3.64. The number of nitrogens with one attached hydrogen (secondary N) is 2. The quantitative estimate of drug-likeness (QED) is 0.604. The Morgan fingerprint density at radius 2 is 2.13 bits per heavy atom. The zero-order chi connectivity index (χ0) is 10.7. The van der Waals surface area contributed by atoms with E-state index in [9.17, 15) is 0 Å². The lowest BCUT2D eigenvalue weighted by Gasteiger charge is -2.02. The summed E-state index contributed by atoms with van der Waals surface area (Å²) in [5.41, 5.74) is 3.78.